The first-order valence-corrected chi connectivity index (χ1v) is 7.57. The normalized spacial score (nSPS) is 10.9. The third-order valence-electron chi connectivity index (χ3n) is 3.28. The maximum atomic E-state index is 12.2. The fourth-order valence-electron chi connectivity index (χ4n) is 2.08. The summed E-state index contributed by atoms with van der Waals surface area (Å²) in [4.78, 5) is 24.0. The summed E-state index contributed by atoms with van der Waals surface area (Å²) >= 11 is 0. The van der Waals surface area contributed by atoms with Gasteiger partial charge >= 0.3 is 0 Å². The van der Waals surface area contributed by atoms with Crippen LogP contribution in [-0.4, -0.2) is 18.4 Å². The third-order valence-corrected chi connectivity index (χ3v) is 3.28. The van der Waals surface area contributed by atoms with Crippen LogP contribution in [0.4, 0.5) is 5.69 Å². The molecule has 0 aliphatic rings. The highest BCUT2D eigenvalue weighted by Gasteiger charge is 2.09. The van der Waals surface area contributed by atoms with Crippen LogP contribution >= 0.6 is 0 Å². The minimum Gasteiger partial charge on any atom is -0.343 e. The smallest absolute Gasteiger partial charge is 0.247 e. The van der Waals surface area contributed by atoms with Gasteiger partial charge in [0.05, 0.1) is 6.54 Å². The van der Waals surface area contributed by atoms with Crippen molar-refractivity contribution in [2.45, 2.75) is 13.3 Å². The average Bonchev–Trinajstić information content (AvgIpc) is 2.59. The molecule has 2 aromatic rings. The molecule has 0 fully saturated rings. The van der Waals surface area contributed by atoms with Gasteiger partial charge in [-0.25, -0.2) is 0 Å². The minimum atomic E-state index is -0.250. The first-order chi connectivity index (χ1) is 11.2. The molecule has 2 aromatic carbocycles. The highest BCUT2D eigenvalue weighted by molar-refractivity contribution is 6.01. The summed E-state index contributed by atoms with van der Waals surface area (Å²) in [5.74, 6) is -0.473. The van der Waals surface area contributed by atoms with E-state index in [1.54, 1.807) is 12.1 Å². The highest BCUT2D eigenvalue weighted by atomic mass is 16.2. The first kappa shape index (κ1) is 16.5. The third kappa shape index (κ3) is 5.43. The molecule has 0 heterocycles. The second kappa shape index (κ2) is 8.54. The van der Waals surface area contributed by atoms with E-state index < -0.39 is 0 Å². The molecule has 0 saturated carbocycles. The number of anilines is 1. The zero-order chi connectivity index (χ0) is 16.5. The zero-order valence-electron chi connectivity index (χ0n) is 13.1. The second-order valence-corrected chi connectivity index (χ2v) is 5.03. The Kier molecular flexibility index (Phi) is 6.12. The number of hydrogen-bond donors (Lipinski definition) is 2. The highest BCUT2D eigenvalue weighted by Crippen LogP contribution is 2.10. The van der Waals surface area contributed by atoms with Crippen LogP contribution in [0.15, 0.2) is 66.2 Å². The summed E-state index contributed by atoms with van der Waals surface area (Å²) in [6.07, 6.45) is 2.44. The lowest BCUT2D eigenvalue weighted by Crippen LogP contribution is -2.33. The van der Waals surface area contributed by atoms with E-state index in [0.29, 0.717) is 17.7 Å². The van der Waals surface area contributed by atoms with E-state index in [4.69, 9.17) is 0 Å². The molecule has 0 atom stereocenters. The zero-order valence-corrected chi connectivity index (χ0v) is 13.1. The van der Waals surface area contributed by atoms with Crippen molar-refractivity contribution in [1.82, 2.24) is 5.32 Å². The summed E-state index contributed by atoms with van der Waals surface area (Å²) in [6.45, 7) is 1.86. The SMILES string of the molecule is CC/C(=C\c1ccccc1)C(=O)NCC(=O)Nc1ccccc1. The Morgan fingerprint density at radius 1 is 0.957 bits per heavy atom. The van der Waals surface area contributed by atoms with Crippen molar-refractivity contribution in [3.8, 4) is 0 Å². The Hall–Kier alpha value is -2.88. The number of benzene rings is 2. The fraction of sp³-hybridized carbons (Fsp3) is 0.158. The number of amides is 2. The van der Waals surface area contributed by atoms with E-state index >= 15 is 0 Å². The van der Waals surface area contributed by atoms with Crippen LogP contribution in [0.25, 0.3) is 6.08 Å². The van der Waals surface area contributed by atoms with Gasteiger partial charge in [-0.3, -0.25) is 9.59 Å². The molecule has 0 aromatic heterocycles. The number of rotatable bonds is 6. The summed E-state index contributed by atoms with van der Waals surface area (Å²) in [5, 5.41) is 5.39. The van der Waals surface area contributed by atoms with E-state index in [9.17, 15) is 9.59 Å². The largest absolute Gasteiger partial charge is 0.343 e. The van der Waals surface area contributed by atoms with E-state index in [0.717, 1.165) is 5.56 Å². The fourth-order valence-corrected chi connectivity index (χ4v) is 2.08. The molecule has 2 rings (SSSR count). The summed E-state index contributed by atoms with van der Waals surface area (Å²) in [5.41, 5.74) is 2.32. The Labute approximate surface area is 136 Å². The van der Waals surface area contributed by atoms with Crippen molar-refractivity contribution >= 4 is 23.6 Å². The molecule has 0 bridgehead atoms. The van der Waals surface area contributed by atoms with Crippen LogP contribution in [0.5, 0.6) is 0 Å². The van der Waals surface area contributed by atoms with Crippen molar-refractivity contribution in [3.63, 3.8) is 0 Å². The Morgan fingerprint density at radius 2 is 1.57 bits per heavy atom. The van der Waals surface area contributed by atoms with Gasteiger partial charge < -0.3 is 10.6 Å². The predicted octanol–water partition coefficient (Wildman–Crippen LogP) is 3.23. The van der Waals surface area contributed by atoms with Crippen molar-refractivity contribution in [1.29, 1.82) is 0 Å². The van der Waals surface area contributed by atoms with Gasteiger partial charge in [0.25, 0.3) is 0 Å². The van der Waals surface area contributed by atoms with Gasteiger partial charge in [-0.1, -0.05) is 55.5 Å². The molecule has 0 unspecified atom stereocenters. The summed E-state index contributed by atoms with van der Waals surface area (Å²) in [6, 6.07) is 18.8. The molecule has 0 radical (unpaired) electrons. The van der Waals surface area contributed by atoms with Gasteiger partial charge in [0.2, 0.25) is 11.8 Å². The Bertz CT molecular complexity index is 679. The molecule has 4 nitrogen and oxygen atoms in total. The number of para-hydroxylation sites is 1. The van der Waals surface area contributed by atoms with Crippen molar-refractivity contribution in [2.75, 3.05) is 11.9 Å². The summed E-state index contributed by atoms with van der Waals surface area (Å²) < 4.78 is 0. The molecule has 2 N–H and O–H groups in total. The molecule has 0 aliphatic heterocycles. The van der Waals surface area contributed by atoms with Gasteiger partial charge in [0, 0.05) is 11.3 Å². The second-order valence-electron chi connectivity index (χ2n) is 5.03. The molecule has 2 amide bonds. The van der Waals surface area contributed by atoms with E-state index in [-0.39, 0.29) is 18.4 Å². The topological polar surface area (TPSA) is 58.2 Å². The maximum Gasteiger partial charge on any atom is 0.247 e. The molecule has 23 heavy (non-hydrogen) atoms. The van der Waals surface area contributed by atoms with E-state index in [1.807, 2.05) is 61.5 Å². The van der Waals surface area contributed by atoms with Gasteiger partial charge in [0.15, 0.2) is 0 Å². The van der Waals surface area contributed by atoms with Crippen LogP contribution in [0.2, 0.25) is 0 Å². The van der Waals surface area contributed by atoms with E-state index in [2.05, 4.69) is 10.6 Å². The number of nitrogens with one attached hydrogen (secondary N) is 2. The predicted molar refractivity (Wildman–Crippen MR) is 92.8 cm³/mol. The van der Waals surface area contributed by atoms with Gasteiger partial charge in [-0.15, -0.1) is 0 Å². The van der Waals surface area contributed by atoms with Crippen LogP contribution < -0.4 is 10.6 Å². The van der Waals surface area contributed by atoms with Gasteiger partial charge in [-0.2, -0.15) is 0 Å². The van der Waals surface area contributed by atoms with Crippen molar-refractivity contribution < 1.29 is 9.59 Å². The Morgan fingerprint density at radius 3 is 2.17 bits per heavy atom. The average molecular weight is 308 g/mol. The Balaban J connectivity index is 1.90. The van der Waals surface area contributed by atoms with Crippen LogP contribution in [-0.2, 0) is 9.59 Å². The van der Waals surface area contributed by atoms with Crippen molar-refractivity contribution in [2.24, 2.45) is 0 Å². The molecule has 0 spiro atoms. The number of hydrogen-bond acceptors (Lipinski definition) is 2. The van der Waals surface area contributed by atoms with Crippen LogP contribution in [0.1, 0.15) is 18.9 Å². The number of carbonyl (C=O) groups is 2. The van der Waals surface area contributed by atoms with Crippen molar-refractivity contribution in [3.05, 3.63) is 71.8 Å². The quantitative estimate of drug-likeness (QED) is 0.805. The minimum absolute atomic E-state index is 0.0557. The molecule has 0 aliphatic carbocycles. The molecular weight excluding hydrogens is 288 g/mol. The van der Waals surface area contributed by atoms with E-state index in [1.165, 1.54) is 0 Å². The molecule has 4 heteroatoms. The monoisotopic (exact) mass is 308 g/mol. The lowest BCUT2D eigenvalue weighted by atomic mass is 10.1. The lowest BCUT2D eigenvalue weighted by molar-refractivity contribution is -0.121. The molecule has 118 valence electrons. The standard InChI is InChI=1S/C19H20N2O2/c1-2-16(13-15-9-5-3-6-10-15)19(23)20-14-18(22)21-17-11-7-4-8-12-17/h3-13H,2,14H2,1H3,(H,20,23)(H,21,22)/b16-13+. The van der Waals surface area contributed by atoms with Crippen LogP contribution in [0, 0.1) is 0 Å². The van der Waals surface area contributed by atoms with Gasteiger partial charge in [0.1, 0.15) is 0 Å². The van der Waals surface area contributed by atoms with Gasteiger partial charge in [-0.05, 0) is 30.2 Å². The lowest BCUT2D eigenvalue weighted by Gasteiger charge is -2.08. The first-order valence-electron chi connectivity index (χ1n) is 7.57. The molecular formula is C19H20N2O2. The molecule has 0 saturated heterocycles. The summed E-state index contributed by atoms with van der Waals surface area (Å²) in [7, 11) is 0. The maximum absolute atomic E-state index is 12.2. The number of carbonyl (C=O) groups excluding carboxylic acids is 2. The van der Waals surface area contributed by atoms with Crippen LogP contribution in [0.3, 0.4) is 0 Å².